The number of alkyl halides is 3. The van der Waals surface area contributed by atoms with Crippen molar-refractivity contribution in [1.82, 2.24) is 4.57 Å². The van der Waals surface area contributed by atoms with Crippen molar-refractivity contribution in [3.8, 4) is 5.75 Å². The van der Waals surface area contributed by atoms with E-state index in [4.69, 9.17) is 4.74 Å². The van der Waals surface area contributed by atoms with Crippen molar-refractivity contribution in [2.24, 2.45) is 7.05 Å². The molecule has 0 atom stereocenters. The summed E-state index contributed by atoms with van der Waals surface area (Å²) in [7, 11) is 1.64. The van der Waals surface area contributed by atoms with Gasteiger partial charge in [0.25, 0.3) is 0 Å². The molecular formula is C17H17F3N2O4. The predicted octanol–water partition coefficient (Wildman–Crippen LogP) is 3.28. The van der Waals surface area contributed by atoms with Crippen molar-refractivity contribution >= 4 is 17.6 Å². The average Bonchev–Trinajstić information content (AvgIpc) is 2.88. The number of hydrogen-bond acceptors (Lipinski definition) is 4. The molecule has 0 spiro atoms. The van der Waals surface area contributed by atoms with Gasteiger partial charge in [-0.25, -0.2) is 4.79 Å². The lowest BCUT2D eigenvalue weighted by molar-refractivity contribution is -0.274. The summed E-state index contributed by atoms with van der Waals surface area (Å²) in [6.07, 6.45) is -3.25. The molecule has 1 aromatic heterocycles. The van der Waals surface area contributed by atoms with E-state index in [9.17, 15) is 22.8 Å². The minimum atomic E-state index is -4.76. The van der Waals surface area contributed by atoms with Crippen LogP contribution in [0.2, 0.25) is 0 Å². The van der Waals surface area contributed by atoms with Gasteiger partial charge < -0.3 is 19.4 Å². The second-order valence-corrected chi connectivity index (χ2v) is 5.36. The zero-order valence-corrected chi connectivity index (χ0v) is 14.1. The number of carbonyl (C=O) groups is 2. The van der Waals surface area contributed by atoms with Crippen molar-refractivity contribution < 1.29 is 32.2 Å². The molecule has 2 aromatic rings. The Morgan fingerprint density at radius 1 is 1.19 bits per heavy atom. The SMILES string of the molecule is CCOC(=O)c1cc(NC(=O)Cc2ccc(OC(F)(F)F)cc2)cn1C. The normalized spacial score (nSPS) is 11.1. The van der Waals surface area contributed by atoms with Crippen LogP contribution in [0.25, 0.3) is 0 Å². The fraction of sp³-hybridized carbons (Fsp3) is 0.294. The number of aryl methyl sites for hydroxylation is 1. The molecule has 26 heavy (non-hydrogen) atoms. The monoisotopic (exact) mass is 370 g/mol. The van der Waals surface area contributed by atoms with Crippen LogP contribution in [0.5, 0.6) is 5.75 Å². The van der Waals surface area contributed by atoms with Crippen molar-refractivity contribution in [3.63, 3.8) is 0 Å². The fourth-order valence-corrected chi connectivity index (χ4v) is 2.24. The van der Waals surface area contributed by atoms with Crippen LogP contribution in [0.15, 0.2) is 36.5 Å². The molecule has 0 aliphatic carbocycles. The Morgan fingerprint density at radius 2 is 1.85 bits per heavy atom. The smallest absolute Gasteiger partial charge is 0.461 e. The van der Waals surface area contributed by atoms with Gasteiger partial charge in [0.1, 0.15) is 11.4 Å². The number of amides is 1. The van der Waals surface area contributed by atoms with Gasteiger partial charge in [-0.3, -0.25) is 4.79 Å². The average molecular weight is 370 g/mol. The summed E-state index contributed by atoms with van der Waals surface area (Å²) in [6.45, 7) is 1.92. The Morgan fingerprint density at radius 3 is 2.42 bits per heavy atom. The van der Waals surface area contributed by atoms with Gasteiger partial charge in [-0.05, 0) is 30.7 Å². The van der Waals surface area contributed by atoms with Crippen molar-refractivity contribution in [1.29, 1.82) is 0 Å². The zero-order chi connectivity index (χ0) is 19.3. The van der Waals surface area contributed by atoms with E-state index in [-0.39, 0.29) is 30.4 Å². The van der Waals surface area contributed by atoms with Crippen LogP contribution in [-0.2, 0) is 23.0 Å². The number of nitrogens with zero attached hydrogens (tertiary/aromatic N) is 1. The third kappa shape index (κ3) is 5.54. The van der Waals surface area contributed by atoms with Crippen LogP contribution in [0.3, 0.4) is 0 Å². The van der Waals surface area contributed by atoms with E-state index in [1.165, 1.54) is 22.8 Å². The molecule has 2 rings (SSSR count). The molecular weight excluding hydrogens is 353 g/mol. The molecule has 6 nitrogen and oxygen atoms in total. The summed E-state index contributed by atoms with van der Waals surface area (Å²) in [4.78, 5) is 23.8. The zero-order valence-electron chi connectivity index (χ0n) is 14.1. The van der Waals surface area contributed by atoms with Gasteiger partial charge >= 0.3 is 12.3 Å². The van der Waals surface area contributed by atoms with Crippen LogP contribution in [-0.4, -0.2) is 29.4 Å². The van der Waals surface area contributed by atoms with Crippen LogP contribution in [0, 0.1) is 0 Å². The second kappa shape index (κ2) is 7.94. The van der Waals surface area contributed by atoms with E-state index in [2.05, 4.69) is 10.1 Å². The highest BCUT2D eigenvalue weighted by Crippen LogP contribution is 2.23. The van der Waals surface area contributed by atoms with E-state index in [1.807, 2.05) is 0 Å². The molecule has 0 saturated heterocycles. The highest BCUT2D eigenvalue weighted by Gasteiger charge is 2.30. The maximum Gasteiger partial charge on any atom is 0.573 e. The largest absolute Gasteiger partial charge is 0.573 e. The van der Waals surface area contributed by atoms with E-state index >= 15 is 0 Å². The van der Waals surface area contributed by atoms with E-state index in [0.717, 1.165) is 12.1 Å². The third-order valence-electron chi connectivity index (χ3n) is 3.29. The van der Waals surface area contributed by atoms with Gasteiger partial charge in [-0.2, -0.15) is 0 Å². The number of halogens is 3. The maximum atomic E-state index is 12.1. The highest BCUT2D eigenvalue weighted by molar-refractivity contribution is 5.95. The van der Waals surface area contributed by atoms with Crippen molar-refractivity contribution in [2.75, 3.05) is 11.9 Å². The molecule has 1 amide bonds. The van der Waals surface area contributed by atoms with Crippen LogP contribution in [0.4, 0.5) is 18.9 Å². The lowest BCUT2D eigenvalue weighted by Gasteiger charge is -2.09. The minimum absolute atomic E-state index is 0.0457. The van der Waals surface area contributed by atoms with Crippen LogP contribution in [0.1, 0.15) is 23.0 Å². The van der Waals surface area contributed by atoms with Gasteiger partial charge in [0.05, 0.1) is 18.7 Å². The molecule has 0 aliphatic rings. The lowest BCUT2D eigenvalue weighted by atomic mass is 10.1. The Labute approximate surface area is 147 Å². The standard InChI is InChI=1S/C17H17F3N2O4/c1-3-25-16(24)14-9-12(10-22(14)2)21-15(23)8-11-4-6-13(7-5-11)26-17(18,19)20/h4-7,9-10H,3,8H2,1-2H3,(H,21,23). The number of ether oxygens (including phenoxy) is 2. The first-order chi connectivity index (χ1) is 12.2. The van der Waals surface area contributed by atoms with Gasteiger partial charge in [-0.15, -0.1) is 13.2 Å². The molecule has 1 heterocycles. The fourth-order valence-electron chi connectivity index (χ4n) is 2.24. The molecule has 0 unspecified atom stereocenters. The summed E-state index contributed by atoms with van der Waals surface area (Å²) in [5, 5.41) is 2.62. The number of nitrogens with one attached hydrogen (secondary N) is 1. The topological polar surface area (TPSA) is 69.6 Å². The van der Waals surface area contributed by atoms with Gasteiger partial charge in [0, 0.05) is 13.2 Å². The highest BCUT2D eigenvalue weighted by atomic mass is 19.4. The summed E-state index contributed by atoms with van der Waals surface area (Å²) in [5.74, 6) is -1.24. The number of carbonyl (C=O) groups excluding carboxylic acids is 2. The Bertz CT molecular complexity index is 782. The number of anilines is 1. The summed E-state index contributed by atoms with van der Waals surface area (Å²) in [6, 6.07) is 6.50. The van der Waals surface area contributed by atoms with E-state index in [1.54, 1.807) is 20.2 Å². The molecule has 0 bridgehead atoms. The Hall–Kier alpha value is -2.97. The Balaban J connectivity index is 1.96. The van der Waals surface area contributed by atoms with Gasteiger partial charge in [0.15, 0.2) is 0 Å². The quantitative estimate of drug-likeness (QED) is 0.793. The maximum absolute atomic E-state index is 12.1. The summed E-state index contributed by atoms with van der Waals surface area (Å²) >= 11 is 0. The molecule has 0 saturated carbocycles. The second-order valence-electron chi connectivity index (χ2n) is 5.36. The molecule has 1 N–H and O–H groups in total. The molecule has 9 heteroatoms. The number of rotatable bonds is 6. The molecule has 0 radical (unpaired) electrons. The molecule has 1 aromatic carbocycles. The Kier molecular flexibility index (Phi) is 5.91. The first kappa shape index (κ1) is 19.4. The first-order valence-corrected chi connectivity index (χ1v) is 7.66. The van der Waals surface area contributed by atoms with Crippen molar-refractivity contribution in [3.05, 3.63) is 47.8 Å². The molecule has 0 fully saturated rings. The number of hydrogen-bond donors (Lipinski definition) is 1. The van der Waals surface area contributed by atoms with E-state index in [0.29, 0.717) is 11.3 Å². The number of aromatic nitrogens is 1. The summed E-state index contributed by atoms with van der Waals surface area (Å²) < 4.78 is 46.5. The van der Waals surface area contributed by atoms with Gasteiger partial charge in [0.2, 0.25) is 5.91 Å². The molecule has 0 aliphatic heterocycles. The third-order valence-corrected chi connectivity index (χ3v) is 3.29. The summed E-state index contributed by atoms with van der Waals surface area (Å²) in [5.41, 5.74) is 1.21. The molecule has 140 valence electrons. The predicted molar refractivity (Wildman–Crippen MR) is 86.8 cm³/mol. The van der Waals surface area contributed by atoms with Crippen LogP contribution >= 0.6 is 0 Å². The van der Waals surface area contributed by atoms with Crippen LogP contribution < -0.4 is 10.1 Å². The van der Waals surface area contributed by atoms with Crippen molar-refractivity contribution in [2.45, 2.75) is 19.7 Å². The minimum Gasteiger partial charge on any atom is -0.461 e. The number of esters is 1. The number of benzene rings is 1. The van der Waals surface area contributed by atoms with Gasteiger partial charge in [-0.1, -0.05) is 12.1 Å². The lowest BCUT2D eigenvalue weighted by Crippen LogP contribution is -2.17. The first-order valence-electron chi connectivity index (χ1n) is 7.66. The van der Waals surface area contributed by atoms with E-state index < -0.39 is 12.3 Å².